The lowest BCUT2D eigenvalue weighted by Gasteiger charge is -2.24. The number of rotatable bonds is 9. The van der Waals surface area contributed by atoms with Crippen LogP contribution in [0.2, 0.25) is 0 Å². The molecular formula is C25H27N3O4S. The minimum atomic E-state index is -4.00. The van der Waals surface area contributed by atoms with Crippen LogP contribution in [0.3, 0.4) is 0 Å². The van der Waals surface area contributed by atoms with Crippen molar-refractivity contribution in [2.24, 2.45) is 5.10 Å². The molecule has 0 saturated carbocycles. The van der Waals surface area contributed by atoms with Gasteiger partial charge >= 0.3 is 0 Å². The molecule has 8 heteroatoms. The molecule has 3 aromatic carbocycles. The van der Waals surface area contributed by atoms with Crippen LogP contribution >= 0.6 is 0 Å². The molecule has 0 atom stereocenters. The summed E-state index contributed by atoms with van der Waals surface area (Å²) in [7, 11) is -4.00. The van der Waals surface area contributed by atoms with Gasteiger partial charge in [0.2, 0.25) is 0 Å². The molecule has 7 nitrogen and oxygen atoms in total. The Kier molecular flexibility index (Phi) is 7.84. The van der Waals surface area contributed by atoms with Crippen LogP contribution < -0.4 is 14.5 Å². The first-order valence-electron chi connectivity index (χ1n) is 10.5. The maximum Gasteiger partial charge on any atom is 0.264 e. The number of nitrogens with one attached hydrogen (secondary N) is 1. The first-order valence-corrected chi connectivity index (χ1v) is 12.0. The van der Waals surface area contributed by atoms with Crippen molar-refractivity contribution in [2.45, 2.75) is 25.7 Å². The molecule has 0 heterocycles. The number of hydrazone groups is 1. The third kappa shape index (κ3) is 6.20. The number of carbonyl (C=O) groups is 1. The molecule has 0 bridgehead atoms. The van der Waals surface area contributed by atoms with Crippen molar-refractivity contribution in [3.8, 4) is 5.75 Å². The molecule has 0 aromatic heterocycles. The molecule has 0 unspecified atom stereocenters. The van der Waals surface area contributed by atoms with Crippen molar-refractivity contribution in [2.75, 3.05) is 17.5 Å². The molecule has 0 spiro atoms. The summed E-state index contributed by atoms with van der Waals surface area (Å²) < 4.78 is 33.4. The van der Waals surface area contributed by atoms with Gasteiger partial charge in [-0.3, -0.25) is 9.10 Å². The molecule has 0 saturated heterocycles. The fraction of sp³-hybridized carbons (Fsp3) is 0.200. The molecule has 1 amide bonds. The van der Waals surface area contributed by atoms with E-state index in [2.05, 4.69) is 10.5 Å². The smallest absolute Gasteiger partial charge is 0.264 e. The summed E-state index contributed by atoms with van der Waals surface area (Å²) in [5.74, 6) is 0.0522. The second kappa shape index (κ2) is 10.8. The van der Waals surface area contributed by atoms with Crippen LogP contribution in [0.5, 0.6) is 5.75 Å². The summed E-state index contributed by atoms with van der Waals surface area (Å²) in [5, 5.41) is 4.12. The SMILES string of the molecule is CCOc1ccc(N(CC(=O)N/N=C(/C)c2ccccc2)S(=O)(=O)c2ccc(C)cc2)cc1. The second-order valence-corrected chi connectivity index (χ2v) is 9.21. The highest BCUT2D eigenvalue weighted by Crippen LogP contribution is 2.26. The van der Waals surface area contributed by atoms with Crippen LogP contribution in [-0.2, 0) is 14.8 Å². The van der Waals surface area contributed by atoms with Crippen LogP contribution in [0.1, 0.15) is 25.0 Å². The van der Waals surface area contributed by atoms with E-state index in [1.807, 2.05) is 44.2 Å². The van der Waals surface area contributed by atoms with Gasteiger partial charge in [-0.05, 0) is 62.7 Å². The largest absolute Gasteiger partial charge is 0.494 e. The molecule has 0 aliphatic rings. The Labute approximate surface area is 194 Å². The Morgan fingerprint density at radius 2 is 1.61 bits per heavy atom. The summed E-state index contributed by atoms with van der Waals surface area (Å²) in [4.78, 5) is 12.8. The van der Waals surface area contributed by atoms with Gasteiger partial charge in [-0.15, -0.1) is 0 Å². The number of carbonyl (C=O) groups excluding carboxylic acids is 1. The Morgan fingerprint density at radius 3 is 2.21 bits per heavy atom. The van der Waals surface area contributed by atoms with E-state index >= 15 is 0 Å². The summed E-state index contributed by atoms with van der Waals surface area (Å²) >= 11 is 0. The fourth-order valence-electron chi connectivity index (χ4n) is 3.08. The molecule has 172 valence electrons. The van der Waals surface area contributed by atoms with Crippen LogP contribution in [0, 0.1) is 6.92 Å². The quantitative estimate of drug-likeness (QED) is 0.380. The second-order valence-electron chi connectivity index (χ2n) is 7.35. The van der Waals surface area contributed by atoms with Crippen LogP contribution in [0.4, 0.5) is 5.69 Å². The normalized spacial score (nSPS) is 11.7. The van der Waals surface area contributed by atoms with Crippen molar-refractivity contribution in [1.82, 2.24) is 5.43 Å². The van der Waals surface area contributed by atoms with E-state index in [4.69, 9.17) is 4.74 Å². The number of hydrogen-bond acceptors (Lipinski definition) is 5. The highest BCUT2D eigenvalue weighted by atomic mass is 32.2. The first-order chi connectivity index (χ1) is 15.8. The van der Waals surface area contributed by atoms with Gasteiger partial charge < -0.3 is 4.74 Å². The molecule has 1 N–H and O–H groups in total. The van der Waals surface area contributed by atoms with E-state index in [0.29, 0.717) is 23.8 Å². The molecule has 0 fully saturated rings. The summed E-state index contributed by atoms with van der Waals surface area (Å²) in [6.07, 6.45) is 0. The van der Waals surface area contributed by atoms with Crippen LogP contribution in [0.15, 0.2) is 88.9 Å². The van der Waals surface area contributed by atoms with Gasteiger partial charge in [0.15, 0.2) is 0 Å². The van der Waals surface area contributed by atoms with Crippen LogP contribution in [0.25, 0.3) is 0 Å². The molecule has 0 aliphatic carbocycles. The number of nitrogens with zero attached hydrogens (tertiary/aromatic N) is 2. The lowest BCUT2D eigenvalue weighted by molar-refractivity contribution is -0.119. The van der Waals surface area contributed by atoms with Gasteiger partial charge in [0.25, 0.3) is 15.9 Å². The minimum Gasteiger partial charge on any atom is -0.494 e. The predicted octanol–water partition coefficient (Wildman–Crippen LogP) is 4.13. The van der Waals surface area contributed by atoms with E-state index in [0.717, 1.165) is 15.4 Å². The number of amides is 1. The standard InChI is InChI=1S/C25H27N3O4S/c1-4-32-23-14-12-22(13-15-23)28(33(30,31)24-16-10-19(2)11-17-24)18-25(29)27-26-20(3)21-8-6-5-7-9-21/h5-17H,4,18H2,1-3H3,(H,27,29)/b26-20-. The Hall–Kier alpha value is -3.65. The molecule has 0 radical (unpaired) electrons. The fourth-order valence-corrected chi connectivity index (χ4v) is 4.50. The lowest BCUT2D eigenvalue weighted by atomic mass is 10.1. The van der Waals surface area contributed by atoms with Gasteiger partial charge in [0, 0.05) is 0 Å². The van der Waals surface area contributed by atoms with Gasteiger partial charge in [0.05, 0.1) is 22.9 Å². The third-order valence-corrected chi connectivity index (χ3v) is 6.66. The Morgan fingerprint density at radius 1 is 0.970 bits per heavy atom. The monoisotopic (exact) mass is 465 g/mol. The zero-order valence-electron chi connectivity index (χ0n) is 18.9. The van der Waals surface area contributed by atoms with Crippen molar-refractivity contribution in [3.63, 3.8) is 0 Å². The first kappa shape index (κ1) is 24.0. The van der Waals surface area contributed by atoms with Gasteiger partial charge in [-0.1, -0.05) is 48.0 Å². The molecule has 0 aliphatic heterocycles. The Bertz CT molecular complexity index is 1210. The molecular weight excluding hydrogens is 438 g/mol. The highest BCUT2D eigenvalue weighted by Gasteiger charge is 2.27. The van der Waals surface area contributed by atoms with E-state index in [-0.39, 0.29) is 4.90 Å². The number of benzene rings is 3. The van der Waals surface area contributed by atoms with E-state index < -0.39 is 22.5 Å². The number of sulfonamides is 1. The topological polar surface area (TPSA) is 88.1 Å². The average Bonchev–Trinajstić information content (AvgIpc) is 2.82. The van der Waals surface area contributed by atoms with Gasteiger partial charge in [-0.25, -0.2) is 13.8 Å². The maximum atomic E-state index is 13.4. The van der Waals surface area contributed by atoms with E-state index in [1.54, 1.807) is 43.3 Å². The van der Waals surface area contributed by atoms with Crippen molar-refractivity contribution in [1.29, 1.82) is 0 Å². The van der Waals surface area contributed by atoms with Crippen molar-refractivity contribution >= 4 is 27.3 Å². The summed E-state index contributed by atoms with van der Waals surface area (Å²) in [6, 6.07) is 22.5. The zero-order valence-corrected chi connectivity index (χ0v) is 19.7. The maximum absolute atomic E-state index is 13.4. The van der Waals surface area contributed by atoms with E-state index in [1.165, 1.54) is 12.1 Å². The zero-order chi connectivity index (χ0) is 23.8. The van der Waals surface area contributed by atoms with Crippen molar-refractivity contribution in [3.05, 3.63) is 90.0 Å². The number of ether oxygens (including phenoxy) is 1. The number of hydrogen-bond donors (Lipinski definition) is 1. The number of anilines is 1. The summed E-state index contributed by atoms with van der Waals surface area (Å²) in [6.45, 7) is 5.57. The van der Waals surface area contributed by atoms with Gasteiger partial charge in [-0.2, -0.15) is 5.10 Å². The molecule has 3 aromatic rings. The van der Waals surface area contributed by atoms with Crippen LogP contribution in [-0.4, -0.2) is 33.2 Å². The summed E-state index contributed by atoms with van der Waals surface area (Å²) in [5.41, 5.74) is 5.21. The van der Waals surface area contributed by atoms with E-state index in [9.17, 15) is 13.2 Å². The molecule has 33 heavy (non-hydrogen) atoms. The predicted molar refractivity (Wildman–Crippen MR) is 130 cm³/mol. The molecule has 3 rings (SSSR count). The Balaban J connectivity index is 1.88. The average molecular weight is 466 g/mol. The lowest BCUT2D eigenvalue weighted by Crippen LogP contribution is -2.39. The third-order valence-electron chi connectivity index (χ3n) is 4.87. The highest BCUT2D eigenvalue weighted by molar-refractivity contribution is 7.92. The van der Waals surface area contributed by atoms with Crippen molar-refractivity contribution < 1.29 is 17.9 Å². The number of aryl methyl sites for hydroxylation is 1. The van der Waals surface area contributed by atoms with Gasteiger partial charge in [0.1, 0.15) is 12.3 Å². The minimum absolute atomic E-state index is 0.0961.